The van der Waals surface area contributed by atoms with E-state index in [1.165, 1.54) is 0 Å². The van der Waals surface area contributed by atoms with E-state index in [0.29, 0.717) is 43.5 Å². The molecule has 0 fully saturated rings. The van der Waals surface area contributed by atoms with Crippen molar-refractivity contribution in [3.8, 4) is 0 Å². The maximum Gasteiger partial charge on any atom is 0.330 e. The van der Waals surface area contributed by atoms with Crippen LogP contribution in [0.2, 0.25) is 0 Å². The number of aliphatic hydroxyl groups is 3. The van der Waals surface area contributed by atoms with Gasteiger partial charge in [0.1, 0.15) is 12.4 Å². The van der Waals surface area contributed by atoms with E-state index in [1.54, 1.807) is 38.6 Å². The minimum atomic E-state index is -3.05. The van der Waals surface area contributed by atoms with Crippen molar-refractivity contribution in [3.05, 3.63) is 60.7 Å². The van der Waals surface area contributed by atoms with E-state index in [2.05, 4.69) is 13.2 Å². The number of aldehydes is 1. The Balaban J connectivity index is -0.00000119. The quantitative estimate of drug-likeness (QED) is 0.0580. The molecule has 0 saturated heterocycles. The van der Waals surface area contributed by atoms with Gasteiger partial charge in [0.15, 0.2) is 0 Å². The molecule has 0 aliphatic rings. The Morgan fingerprint density at radius 3 is 2.05 bits per heavy atom. The predicted molar refractivity (Wildman–Crippen MR) is 156 cm³/mol. The molecular weight excluding hydrogens is 531 g/mol. The van der Waals surface area contributed by atoms with Crippen molar-refractivity contribution < 1.29 is 43.3 Å². The Morgan fingerprint density at radius 1 is 1.11 bits per heavy atom. The maximum atomic E-state index is 12.6. The van der Waals surface area contributed by atoms with Crippen LogP contribution in [0.5, 0.6) is 0 Å². The molecule has 220 valence electrons. The summed E-state index contributed by atoms with van der Waals surface area (Å²) in [5.41, 5.74) is 1.60. The van der Waals surface area contributed by atoms with E-state index in [-0.39, 0.29) is 24.2 Å². The minimum Gasteiger partial charge on any atom is -0.460 e. The molecule has 11 heteroatoms. The van der Waals surface area contributed by atoms with Gasteiger partial charge in [-0.05, 0) is 44.1 Å². The second kappa shape index (κ2) is 28.2. The van der Waals surface area contributed by atoms with Crippen molar-refractivity contribution in [2.24, 2.45) is 0 Å². The molecule has 0 spiro atoms. The summed E-state index contributed by atoms with van der Waals surface area (Å²) < 4.78 is 28.6. The molecule has 0 heterocycles. The second-order valence-corrected chi connectivity index (χ2v) is 10.8. The summed E-state index contributed by atoms with van der Waals surface area (Å²) >= 11 is 1.61. The highest BCUT2D eigenvalue weighted by Gasteiger charge is 2.24. The average Bonchev–Trinajstić information content (AvgIpc) is 2.93. The smallest absolute Gasteiger partial charge is 0.330 e. The third kappa shape index (κ3) is 22.2. The lowest BCUT2D eigenvalue weighted by Crippen LogP contribution is -2.22. The molecule has 2 unspecified atom stereocenters. The molecular formula is C27H47O9PS. The topological polar surface area (TPSA) is 140 Å². The minimum absolute atomic E-state index is 0.0923. The Morgan fingerprint density at radius 2 is 1.63 bits per heavy atom. The number of carbonyl (C=O) groups excluding carboxylic acids is 2. The van der Waals surface area contributed by atoms with Gasteiger partial charge in [-0.25, -0.2) is 0 Å². The number of hydrogen-bond acceptors (Lipinski definition) is 10. The van der Waals surface area contributed by atoms with Gasteiger partial charge in [0.05, 0.1) is 32.4 Å². The molecule has 9 nitrogen and oxygen atoms in total. The van der Waals surface area contributed by atoms with Gasteiger partial charge in [0, 0.05) is 25.9 Å². The Kier molecular flexibility index (Phi) is 30.2. The molecule has 2 atom stereocenters. The molecule has 0 radical (unpaired) electrons. The zero-order valence-corrected chi connectivity index (χ0v) is 25.1. The first-order chi connectivity index (χ1) is 18.2. The fourth-order valence-corrected chi connectivity index (χ4v) is 5.79. The number of ether oxygens (including phenoxy) is 1. The molecule has 0 aromatic heterocycles. The number of rotatable bonds is 17. The van der Waals surface area contributed by atoms with Crippen LogP contribution in [0.15, 0.2) is 55.1 Å². The summed E-state index contributed by atoms with van der Waals surface area (Å²) in [6.07, 6.45) is 3.37. The third-order valence-electron chi connectivity index (χ3n) is 4.20. The lowest BCUT2D eigenvalue weighted by atomic mass is 10.1. The van der Waals surface area contributed by atoms with Gasteiger partial charge in [-0.15, -0.1) is 6.58 Å². The van der Waals surface area contributed by atoms with Crippen LogP contribution in [-0.2, 0) is 27.9 Å². The Hall–Kier alpha value is -1.78. The van der Waals surface area contributed by atoms with Crippen molar-refractivity contribution in [1.29, 1.82) is 0 Å². The number of aliphatic hydroxyl groups excluding tert-OH is 3. The summed E-state index contributed by atoms with van der Waals surface area (Å²) in [7, 11) is -1.05. The van der Waals surface area contributed by atoms with Crippen LogP contribution in [0.4, 0.5) is 0 Å². The van der Waals surface area contributed by atoms with E-state index in [0.717, 1.165) is 26.1 Å². The summed E-state index contributed by atoms with van der Waals surface area (Å²) in [4.78, 5) is 21.8. The van der Waals surface area contributed by atoms with Gasteiger partial charge in [0.2, 0.25) is 0 Å². The van der Waals surface area contributed by atoms with Crippen LogP contribution in [0.25, 0.3) is 0 Å². The highest BCUT2D eigenvalue weighted by atomic mass is 32.2. The van der Waals surface area contributed by atoms with Gasteiger partial charge in [-0.3, -0.25) is 14.2 Å². The van der Waals surface area contributed by atoms with Crippen LogP contribution in [0.1, 0.15) is 50.8 Å². The summed E-state index contributed by atoms with van der Waals surface area (Å²) in [5.74, 6) is 0.342. The van der Waals surface area contributed by atoms with Crippen molar-refractivity contribution in [1.82, 2.24) is 0 Å². The number of benzene rings is 1. The molecule has 1 rings (SSSR count). The highest BCUT2D eigenvalue weighted by molar-refractivity contribution is 7.99. The van der Waals surface area contributed by atoms with E-state index < -0.39 is 13.7 Å². The first kappa shape index (κ1) is 40.7. The van der Waals surface area contributed by atoms with Crippen LogP contribution < -0.4 is 0 Å². The average molecular weight is 579 g/mol. The number of allylic oxidation sites excluding steroid dienone is 1. The van der Waals surface area contributed by atoms with Crippen LogP contribution >= 0.6 is 19.4 Å². The molecule has 0 amide bonds. The SMILES string of the molecule is C=C(C)C=O.C=CCC(CO)OC(=O)CC(SCCCP(=O)(OCC)OCC)c1ccccc1.CO.CO. The van der Waals surface area contributed by atoms with Crippen LogP contribution in [0, 0.1) is 0 Å². The summed E-state index contributed by atoms with van der Waals surface area (Å²) in [6.45, 7) is 12.6. The third-order valence-corrected chi connectivity index (χ3v) is 7.74. The standard InChI is InChI=1S/C21H33O6PS.C4H6O.2CH4O/c1-4-11-19(17-22)27-21(23)16-20(18-12-8-7-9-13-18)29-15-10-14-28(24,25-5-2)26-6-3;1-4(2)3-5;2*1-2/h4,7-9,12-13,19-20,22H,1,5-6,10-11,14-17H2,2-3H3;3H,1H2,2H3;2*2H,1H3. The highest BCUT2D eigenvalue weighted by Crippen LogP contribution is 2.49. The molecule has 0 aliphatic carbocycles. The normalized spacial score (nSPS) is 11.6. The first-order valence-electron chi connectivity index (χ1n) is 12.2. The first-order valence-corrected chi connectivity index (χ1v) is 15.0. The molecule has 3 N–H and O–H groups in total. The van der Waals surface area contributed by atoms with Crippen molar-refractivity contribution in [2.45, 2.75) is 51.4 Å². The lowest BCUT2D eigenvalue weighted by molar-refractivity contribution is -0.150. The monoisotopic (exact) mass is 578 g/mol. The molecule has 0 bridgehead atoms. The van der Waals surface area contributed by atoms with Crippen molar-refractivity contribution in [2.75, 3.05) is 46.0 Å². The van der Waals surface area contributed by atoms with E-state index >= 15 is 0 Å². The zero-order valence-electron chi connectivity index (χ0n) is 23.4. The fraction of sp³-hybridized carbons (Fsp3) is 0.556. The Bertz CT molecular complexity index is 765. The van der Waals surface area contributed by atoms with Crippen molar-refractivity contribution in [3.63, 3.8) is 0 Å². The molecule has 1 aromatic rings. The van der Waals surface area contributed by atoms with Crippen molar-refractivity contribution >= 4 is 31.6 Å². The van der Waals surface area contributed by atoms with E-state index in [4.69, 9.17) is 24.0 Å². The lowest BCUT2D eigenvalue weighted by Gasteiger charge is -2.20. The largest absolute Gasteiger partial charge is 0.460 e. The zero-order chi connectivity index (χ0) is 29.8. The molecule has 0 aliphatic heterocycles. The van der Waals surface area contributed by atoms with Crippen LogP contribution in [0.3, 0.4) is 0 Å². The van der Waals surface area contributed by atoms with Gasteiger partial charge >= 0.3 is 13.6 Å². The number of hydrogen-bond donors (Lipinski definition) is 3. The molecule has 1 aromatic carbocycles. The fourth-order valence-electron chi connectivity index (χ4n) is 2.72. The van der Waals surface area contributed by atoms with Gasteiger partial charge in [-0.2, -0.15) is 11.8 Å². The van der Waals surface area contributed by atoms with Gasteiger partial charge < -0.3 is 29.1 Å². The Labute approximate surface area is 232 Å². The number of thioether (sulfide) groups is 1. The van der Waals surface area contributed by atoms with Gasteiger partial charge in [0.25, 0.3) is 0 Å². The molecule has 38 heavy (non-hydrogen) atoms. The predicted octanol–water partition coefficient (Wildman–Crippen LogP) is 4.97. The summed E-state index contributed by atoms with van der Waals surface area (Å²) in [5, 5.41) is 23.2. The van der Waals surface area contributed by atoms with E-state index in [9.17, 15) is 19.3 Å². The van der Waals surface area contributed by atoms with Crippen LogP contribution in [-0.4, -0.2) is 79.6 Å². The second-order valence-electron chi connectivity index (χ2n) is 7.28. The number of esters is 1. The molecule has 0 saturated carbocycles. The summed E-state index contributed by atoms with van der Waals surface area (Å²) in [6, 6.07) is 9.74. The van der Waals surface area contributed by atoms with E-state index in [1.807, 2.05) is 30.3 Å². The maximum absolute atomic E-state index is 12.6. The van der Waals surface area contributed by atoms with Gasteiger partial charge in [-0.1, -0.05) is 43.0 Å². The number of carbonyl (C=O) groups is 2.